The van der Waals surface area contributed by atoms with Crippen molar-refractivity contribution in [3.05, 3.63) is 71.3 Å². The van der Waals surface area contributed by atoms with Gasteiger partial charge in [-0.1, -0.05) is 32.0 Å². The number of aliphatic carboxylic acids is 1. The van der Waals surface area contributed by atoms with Crippen LogP contribution in [0.2, 0.25) is 0 Å². The van der Waals surface area contributed by atoms with Crippen LogP contribution in [0.5, 0.6) is 17.5 Å². The van der Waals surface area contributed by atoms with Gasteiger partial charge in [0.15, 0.2) is 17.7 Å². The van der Waals surface area contributed by atoms with Crippen LogP contribution in [0.25, 0.3) is 11.1 Å². The molecule has 0 bridgehead atoms. The predicted octanol–water partition coefficient (Wildman–Crippen LogP) is 4.25. The molecule has 1 atom stereocenters. The molecule has 0 aliphatic heterocycles. The minimum Gasteiger partial charge on any atom is -0.479 e. The molecule has 35 heavy (non-hydrogen) atoms. The van der Waals surface area contributed by atoms with Gasteiger partial charge in [-0.25, -0.2) is 13.6 Å². The number of carbonyl (C=O) groups excluding carboxylic acids is 1. The van der Waals surface area contributed by atoms with Crippen LogP contribution in [0.4, 0.5) is 8.78 Å². The topological polar surface area (TPSA) is 138 Å². The van der Waals surface area contributed by atoms with Crippen molar-refractivity contribution in [3.8, 4) is 28.6 Å². The number of hydrogen-bond donors (Lipinski definition) is 3. The van der Waals surface area contributed by atoms with Crippen molar-refractivity contribution in [3.63, 3.8) is 0 Å². The number of amides is 1. The lowest BCUT2D eigenvalue weighted by Crippen LogP contribution is -2.29. The number of carboxylic acid groups (broad SMARTS) is 1. The number of ether oxygens (including phenoxy) is 2. The number of pyridine rings is 1. The lowest BCUT2D eigenvalue weighted by Gasteiger charge is -2.17. The zero-order chi connectivity index (χ0) is 25.7. The van der Waals surface area contributed by atoms with E-state index >= 15 is 0 Å². The molecule has 3 rings (SSSR count). The Morgan fingerprint density at radius 2 is 1.74 bits per heavy atom. The number of rotatable bonds is 10. The van der Waals surface area contributed by atoms with Gasteiger partial charge >= 0.3 is 5.97 Å². The number of aromatic nitrogens is 1. The van der Waals surface area contributed by atoms with E-state index in [1.54, 1.807) is 26.0 Å². The Bertz CT molecular complexity index is 1250. The maximum atomic E-state index is 14.5. The molecule has 1 heterocycles. The average Bonchev–Trinajstić information content (AvgIpc) is 2.81. The first-order valence-electron chi connectivity index (χ1n) is 10.7. The molecule has 0 saturated heterocycles. The summed E-state index contributed by atoms with van der Waals surface area (Å²) in [5.74, 6) is -5.86. The van der Waals surface area contributed by atoms with Gasteiger partial charge in [0.25, 0.3) is 11.8 Å². The van der Waals surface area contributed by atoms with Gasteiger partial charge in [-0.05, 0) is 53.3 Å². The number of benzene rings is 2. The highest BCUT2D eigenvalue weighted by atomic mass is 19.1. The first-order valence-corrected chi connectivity index (χ1v) is 10.7. The van der Waals surface area contributed by atoms with E-state index in [-0.39, 0.29) is 23.7 Å². The third kappa shape index (κ3) is 6.51. The first-order chi connectivity index (χ1) is 16.6. The van der Waals surface area contributed by atoms with Gasteiger partial charge in [-0.3, -0.25) is 4.79 Å². The Labute approximate surface area is 200 Å². The van der Waals surface area contributed by atoms with Crippen LogP contribution < -0.4 is 20.9 Å². The highest BCUT2D eigenvalue weighted by molar-refractivity contribution is 5.94. The van der Waals surface area contributed by atoms with Crippen molar-refractivity contribution >= 4 is 11.9 Å². The molecule has 2 aromatic carbocycles. The Balaban J connectivity index is 1.99. The quantitative estimate of drug-likeness (QED) is 0.390. The van der Waals surface area contributed by atoms with Crippen LogP contribution in [0.3, 0.4) is 0 Å². The Hall–Kier alpha value is -4.05. The average molecular weight is 485 g/mol. The Morgan fingerprint density at radius 3 is 2.37 bits per heavy atom. The first kappa shape index (κ1) is 25.6. The number of hydrogen-bond acceptors (Lipinski definition) is 6. The van der Waals surface area contributed by atoms with Crippen LogP contribution >= 0.6 is 0 Å². The Kier molecular flexibility index (Phi) is 7.98. The smallest absolute Gasteiger partial charge is 0.344 e. The Morgan fingerprint density at radius 1 is 1.03 bits per heavy atom. The number of carbonyl (C=O) groups is 2. The highest BCUT2D eigenvalue weighted by Gasteiger charge is 2.25. The third-order valence-electron chi connectivity index (χ3n) is 4.98. The monoisotopic (exact) mass is 485 g/mol. The lowest BCUT2D eigenvalue weighted by molar-refractivity contribution is -0.146. The highest BCUT2D eigenvalue weighted by Crippen LogP contribution is 2.32. The van der Waals surface area contributed by atoms with Crippen molar-refractivity contribution in [2.45, 2.75) is 32.9 Å². The van der Waals surface area contributed by atoms with Gasteiger partial charge in [0.05, 0.1) is 0 Å². The fourth-order valence-corrected chi connectivity index (χ4v) is 3.31. The normalized spacial score (nSPS) is 11.8. The molecule has 1 aromatic heterocycles. The van der Waals surface area contributed by atoms with Gasteiger partial charge in [-0.15, -0.1) is 0 Å². The number of carboxylic acids is 1. The molecule has 0 fully saturated rings. The summed E-state index contributed by atoms with van der Waals surface area (Å²) in [6.45, 7) is 3.85. The van der Waals surface area contributed by atoms with Gasteiger partial charge in [0.2, 0.25) is 5.91 Å². The number of nitrogens with zero attached hydrogens (tertiary/aromatic N) is 1. The predicted molar refractivity (Wildman–Crippen MR) is 124 cm³/mol. The molecule has 0 saturated carbocycles. The van der Waals surface area contributed by atoms with Crippen LogP contribution in [-0.4, -0.2) is 28.1 Å². The zero-order valence-electron chi connectivity index (χ0n) is 19.1. The second-order valence-electron chi connectivity index (χ2n) is 8.25. The summed E-state index contributed by atoms with van der Waals surface area (Å²) in [5, 5.41) is 9.36. The molecule has 0 unspecified atom stereocenters. The van der Waals surface area contributed by atoms with E-state index in [0.717, 1.165) is 5.56 Å². The van der Waals surface area contributed by atoms with E-state index in [2.05, 4.69) is 4.98 Å². The van der Waals surface area contributed by atoms with Crippen molar-refractivity contribution in [2.24, 2.45) is 17.4 Å². The van der Waals surface area contributed by atoms with Crippen LogP contribution in [-0.2, 0) is 11.3 Å². The molecule has 1 amide bonds. The SMILES string of the molecule is CC(C)C[C@@H](Oc1nc(Oc2cc(C(N)=O)cc(-c3cccc(CN)c3)c2)c(F)cc1F)C(=O)O. The standard InChI is InChI=1S/C25H25F2N3O5/c1-13(2)6-21(25(32)33)35-24-20(27)11-19(26)23(30-24)34-18-9-16(8-17(10-18)22(29)31)15-5-3-4-14(7-15)12-28/h3-5,7-11,13,21H,6,12,28H2,1-2H3,(H2,29,31)(H,32,33)/t21-/m1/s1. The molecular formula is C25H25F2N3O5. The van der Waals surface area contributed by atoms with E-state index in [9.17, 15) is 23.5 Å². The summed E-state index contributed by atoms with van der Waals surface area (Å²) < 4.78 is 39.5. The summed E-state index contributed by atoms with van der Waals surface area (Å²) in [6.07, 6.45) is -1.31. The fraction of sp³-hybridized carbons (Fsp3) is 0.240. The fourth-order valence-electron chi connectivity index (χ4n) is 3.31. The number of nitrogens with two attached hydrogens (primary N) is 2. The molecule has 8 nitrogen and oxygen atoms in total. The molecular weight excluding hydrogens is 460 g/mol. The molecule has 0 spiro atoms. The van der Waals surface area contributed by atoms with Gasteiger partial charge in [0.1, 0.15) is 5.75 Å². The summed E-state index contributed by atoms with van der Waals surface area (Å²) in [5.41, 5.74) is 13.3. The van der Waals surface area contributed by atoms with Crippen molar-refractivity contribution in [1.29, 1.82) is 0 Å². The zero-order valence-corrected chi connectivity index (χ0v) is 19.1. The van der Waals surface area contributed by atoms with Crippen LogP contribution in [0.15, 0.2) is 48.5 Å². The van der Waals surface area contributed by atoms with Crippen LogP contribution in [0, 0.1) is 17.6 Å². The van der Waals surface area contributed by atoms with Gasteiger partial charge in [0, 0.05) is 18.2 Å². The van der Waals surface area contributed by atoms with E-state index in [4.69, 9.17) is 20.9 Å². The van der Waals surface area contributed by atoms with E-state index < -0.39 is 41.4 Å². The molecule has 184 valence electrons. The van der Waals surface area contributed by atoms with Crippen LogP contribution in [0.1, 0.15) is 36.2 Å². The van der Waals surface area contributed by atoms with E-state index in [1.807, 2.05) is 12.1 Å². The molecule has 0 radical (unpaired) electrons. The minimum atomic E-state index is -1.39. The maximum absolute atomic E-state index is 14.5. The number of halogens is 2. The molecule has 0 aliphatic rings. The second-order valence-corrected chi connectivity index (χ2v) is 8.25. The van der Waals surface area contributed by atoms with Gasteiger partial charge < -0.3 is 26.0 Å². The third-order valence-corrected chi connectivity index (χ3v) is 4.98. The second kappa shape index (κ2) is 10.9. The summed E-state index contributed by atoms with van der Waals surface area (Å²) in [7, 11) is 0. The van der Waals surface area contributed by atoms with E-state index in [0.29, 0.717) is 23.7 Å². The molecule has 3 aromatic rings. The summed E-state index contributed by atoms with van der Waals surface area (Å²) >= 11 is 0. The molecule has 0 aliphatic carbocycles. The summed E-state index contributed by atoms with van der Waals surface area (Å²) in [6, 6.07) is 12.0. The maximum Gasteiger partial charge on any atom is 0.344 e. The minimum absolute atomic E-state index is 0.00428. The van der Waals surface area contributed by atoms with Gasteiger partial charge in [-0.2, -0.15) is 4.98 Å². The van der Waals surface area contributed by atoms with E-state index in [1.165, 1.54) is 18.2 Å². The van der Waals surface area contributed by atoms with Crippen molar-refractivity contribution in [1.82, 2.24) is 4.98 Å². The largest absolute Gasteiger partial charge is 0.479 e. The van der Waals surface area contributed by atoms with Crippen molar-refractivity contribution in [2.75, 3.05) is 0 Å². The summed E-state index contributed by atoms with van der Waals surface area (Å²) in [4.78, 5) is 27.1. The molecule has 5 N–H and O–H groups in total. The molecule has 10 heteroatoms. The lowest BCUT2D eigenvalue weighted by atomic mass is 10.0. The number of primary amides is 1. The van der Waals surface area contributed by atoms with Crippen molar-refractivity contribution < 1.29 is 33.0 Å².